The molecule has 0 radical (unpaired) electrons. The maximum Gasteiger partial charge on any atom is 0.490 e. The number of hydrogen-bond donors (Lipinski definition) is 2. The molecule has 1 aliphatic rings. The van der Waals surface area contributed by atoms with Crippen LogP contribution in [0.2, 0.25) is 0 Å². The van der Waals surface area contributed by atoms with Gasteiger partial charge in [0.25, 0.3) is 0 Å². The van der Waals surface area contributed by atoms with Gasteiger partial charge in [-0.2, -0.15) is 31.4 Å². The van der Waals surface area contributed by atoms with Crippen molar-refractivity contribution in [3.05, 3.63) is 66.6 Å². The lowest BCUT2D eigenvalue weighted by Gasteiger charge is -2.35. The van der Waals surface area contributed by atoms with E-state index in [1.807, 2.05) is 50.2 Å². The Morgan fingerprint density at radius 1 is 0.884 bits per heavy atom. The minimum absolute atomic E-state index is 0.192. The highest BCUT2D eigenvalue weighted by Crippen LogP contribution is 2.25. The maximum atomic E-state index is 13.1. The van der Waals surface area contributed by atoms with E-state index in [0.29, 0.717) is 0 Å². The van der Waals surface area contributed by atoms with Crippen LogP contribution in [0.1, 0.15) is 5.56 Å². The zero-order chi connectivity index (χ0) is 31.9. The Morgan fingerprint density at radius 2 is 1.44 bits per heavy atom. The topological polar surface area (TPSA) is 129 Å². The van der Waals surface area contributed by atoms with E-state index in [0.717, 1.165) is 61.0 Å². The monoisotopic (exact) mass is 619 g/mol. The zero-order valence-corrected chi connectivity index (χ0v) is 22.2. The van der Waals surface area contributed by atoms with E-state index in [-0.39, 0.29) is 5.82 Å². The van der Waals surface area contributed by atoms with Crippen molar-refractivity contribution in [3.8, 4) is 11.3 Å². The average Bonchev–Trinajstić information content (AvgIpc) is 3.56. The highest BCUT2D eigenvalue weighted by Gasteiger charge is 2.38. The second kappa shape index (κ2) is 13.5. The molecule has 0 atom stereocenters. The van der Waals surface area contributed by atoms with Gasteiger partial charge in [-0.3, -0.25) is 14.0 Å². The number of aliphatic carboxylic acids is 2. The first-order valence-electron chi connectivity index (χ1n) is 12.2. The molecule has 0 spiro atoms. The number of carbonyl (C=O) groups is 2. The van der Waals surface area contributed by atoms with Crippen LogP contribution in [0.3, 0.4) is 0 Å². The van der Waals surface area contributed by atoms with E-state index in [1.54, 1.807) is 4.68 Å². The van der Waals surface area contributed by atoms with Gasteiger partial charge in [0, 0.05) is 63.9 Å². The number of benzene rings is 1. The number of carboxylic acids is 2. The van der Waals surface area contributed by atoms with Crippen molar-refractivity contribution in [2.45, 2.75) is 18.9 Å². The summed E-state index contributed by atoms with van der Waals surface area (Å²) >= 11 is 0. The third-order valence-corrected chi connectivity index (χ3v) is 5.89. The Labute approximate surface area is 238 Å². The number of fused-ring (bicyclic) bond motifs is 1. The summed E-state index contributed by atoms with van der Waals surface area (Å²) in [5.41, 5.74) is 4.03. The lowest BCUT2D eigenvalue weighted by atomic mass is 10.2. The fourth-order valence-corrected chi connectivity index (χ4v) is 3.86. The fourth-order valence-electron chi connectivity index (χ4n) is 3.86. The first kappa shape index (κ1) is 32.8. The number of aromatic nitrogens is 5. The quantitative estimate of drug-likeness (QED) is 0.327. The summed E-state index contributed by atoms with van der Waals surface area (Å²) in [6.07, 6.45) is -0.689. The van der Waals surface area contributed by atoms with Crippen LogP contribution in [0.5, 0.6) is 0 Å². The van der Waals surface area contributed by atoms with Gasteiger partial charge in [0.2, 0.25) is 0 Å². The molecule has 0 aliphatic carbocycles. The van der Waals surface area contributed by atoms with Gasteiger partial charge >= 0.3 is 24.3 Å². The molecule has 43 heavy (non-hydrogen) atoms. The molecule has 0 saturated carbocycles. The number of imidazole rings is 1. The summed E-state index contributed by atoms with van der Waals surface area (Å²) < 4.78 is 80.4. The summed E-state index contributed by atoms with van der Waals surface area (Å²) in [7, 11) is 1.91. The number of alkyl halides is 6. The van der Waals surface area contributed by atoms with Crippen LogP contribution in [0, 0.1) is 5.82 Å². The molecule has 1 saturated heterocycles. The number of nitrogens with zero attached hydrogens (tertiary/aromatic N) is 7. The molecular formula is C25H24F7N7O4. The maximum absolute atomic E-state index is 13.1. The van der Waals surface area contributed by atoms with E-state index in [1.165, 1.54) is 12.1 Å². The highest BCUT2D eigenvalue weighted by atomic mass is 19.4. The van der Waals surface area contributed by atoms with Crippen LogP contribution >= 0.6 is 0 Å². The van der Waals surface area contributed by atoms with Gasteiger partial charge in [0.05, 0.1) is 18.1 Å². The van der Waals surface area contributed by atoms with E-state index in [2.05, 4.69) is 29.3 Å². The van der Waals surface area contributed by atoms with E-state index in [4.69, 9.17) is 19.8 Å². The molecule has 2 N–H and O–H groups in total. The van der Waals surface area contributed by atoms with Crippen LogP contribution in [0.25, 0.3) is 16.9 Å². The molecule has 4 aromatic rings. The van der Waals surface area contributed by atoms with Crippen molar-refractivity contribution in [2.24, 2.45) is 7.05 Å². The van der Waals surface area contributed by atoms with Crippen molar-refractivity contribution in [2.75, 3.05) is 31.1 Å². The number of halogens is 7. The Hall–Kier alpha value is -4.74. The Morgan fingerprint density at radius 3 is 1.93 bits per heavy atom. The van der Waals surface area contributed by atoms with Gasteiger partial charge in [-0.25, -0.2) is 23.9 Å². The molecule has 11 nitrogen and oxygen atoms in total. The van der Waals surface area contributed by atoms with Crippen LogP contribution in [-0.2, 0) is 23.2 Å². The summed E-state index contributed by atoms with van der Waals surface area (Å²) in [5, 5.41) is 18.5. The summed E-state index contributed by atoms with van der Waals surface area (Å²) in [6.45, 7) is 4.44. The second-order valence-electron chi connectivity index (χ2n) is 8.99. The third kappa shape index (κ3) is 9.12. The Bertz CT molecular complexity index is 1500. The summed E-state index contributed by atoms with van der Waals surface area (Å²) in [6, 6.07) is 6.76. The standard InChI is InChI=1S/C21H22FN7.2C2HF3O2/c1-26-15-17(12-25-26)19-13-24-21-20(23-6-7-29(19)21)28-10-8-27(9-11-28)14-16-2-4-18(22)5-3-16;2*3-2(4,5)1(6)7/h2-7,12-13,15H,8-11,14H2,1H3;2*(H,6,7). The first-order valence-corrected chi connectivity index (χ1v) is 12.2. The molecule has 1 aliphatic heterocycles. The van der Waals surface area contributed by atoms with Crippen LogP contribution < -0.4 is 4.90 Å². The van der Waals surface area contributed by atoms with Crippen molar-refractivity contribution >= 4 is 23.4 Å². The van der Waals surface area contributed by atoms with Crippen molar-refractivity contribution in [1.82, 2.24) is 29.0 Å². The largest absolute Gasteiger partial charge is 0.490 e. The zero-order valence-electron chi connectivity index (χ0n) is 22.2. The van der Waals surface area contributed by atoms with Gasteiger partial charge in [0.15, 0.2) is 11.5 Å². The normalized spacial score (nSPS) is 14.0. The molecule has 3 aromatic heterocycles. The SMILES string of the molecule is Cn1cc(-c2cnc3c(N4CCN(Cc5ccc(F)cc5)CC4)nccn23)cn1.O=C(O)C(F)(F)F.O=C(O)C(F)(F)F. The molecule has 0 bridgehead atoms. The summed E-state index contributed by atoms with van der Waals surface area (Å²) in [5.74, 6) is -4.80. The lowest BCUT2D eigenvalue weighted by Crippen LogP contribution is -2.46. The van der Waals surface area contributed by atoms with Gasteiger partial charge in [-0.15, -0.1) is 0 Å². The highest BCUT2D eigenvalue weighted by molar-refractivity contribution is 5.73. The molecule has 4 heterocycles. The molecule has 0 amide bonds. The van der Waals surface area contributed by atoms with E-state index < -0.39 is 24.3 Å². The van der Waals surface area contributed by atoms with Crippen molar-refractivity contribution in [3.63, 3.8) is 0 Å². The van der Waals surface area contributed by atoms with Gasteiger partial charge < -0.3 is 15.1 Å². The average molecular weight is 619 g/mol. The number of hydrogen-bond acceptors (Lipinski definition) is 7. The van der Waals surface area contributed by atoms with E-state index in [9.17, 15) is 30.7 Å². The van der Waals surface area contributed by atoms with Crippen LogP contribution in [0.15, 0.2) is 55.2 Å². The second-order valence-corrected chi connectivity index (χ2v) is 8.99. The molecule has 0 unspecified atom stereocenters. The molecule has 5 rings (SSSR count). The third-order valence-electron chi connectivity index (χ3n) is 5.89. The Kier molecular flexibility index (Phi) is 10.3. The number of aryl methyl sites for hydroxylation is 1. The lowest BCUT2D eigenvalue weighted by molar-refractivity contribution is -0.193. The van der Waals surface area contributed by atoms with Crippen molar-refractivity contribution in [1.29, 1.82) is 0 Å². The molecular weight excluding hydrogens is 595 g/mol. The van der Waals surface area contributed by atoms with E-state index >= 15 is 0 Å². The van der Waals surface area contributed by atoms with Gasteiger partial charge in [-0.05, 0) is 17.7 Å². The molecule has 18 heteroatoms. The molecule has 1 fully saturated rings. The van der Waals surface area contributed by atoms with Gasteiger partial charge in [-0.1, -0.05) is 12.1 Å². The smallest absolute Gasteiger partial charge is 0.475 e. The van der Waals surface area contributed by atoms with Gasteiger partial charge in [0.1, 0.15) is 5.82 Å². The minimum Gasteiger partial charge on any atom is -0.475 e. The predicted octanol–water partition coefficient (Wildman–Crippen LogP) is 3.86. The molecule has 232 valence electrons. The van der Waals surface area contributed by atoms with Crippen molar-refractivity contribution < 1.29 is 50.5 Å². The summed E-state index contributed by atoms with van der Waals surface area (Å²) in [4.78, 5) is 31.7. The number of piperazine rings is 1. The minimum atomic E-state index is -5.08. The molecule has 1 aromatic carbocycles. The number of anilines is 1. The number of rotatable bonds is 4. The first-order chi connectivity index (χ1) is 20.1. The van der Waals surface area contributed by atoms with Crippen LogP contribution in [-0.4, -0.2) is 89.7 Å². The number of carboxylic acid groups (broad SMARTS) is 2. The van der Waals surface area contributed by atoms with Crippen LogP contribution in [0.4, 0.5) is 36.6 Å². The fraction of sp³-hybridized carbons (Fsp3) is 0.320. The predicted molar refractivity (Wildman–Crippen MR) is 136 cm³/mol. The Balaban J connectivity index is 0.000000303.